The Morgan fingerprint density at radius 2 is 2.36 bits per heavy atom. The lowest BCUT2D eigenvalue weighted by molar-refractivity contribution is -0.118. The molecule has 1 atom stereocenters. The second kappa shape index (κ2) is 8.98. The lowest BCUT2D eigenvalue weighted by atomic mass is 10.0. The van der Waals surface area contributed by atoms with Crippen molar-refractivity contribution < 1.29 is 4.79 Å². The van der Waals surface area contributed by atoms with Crippen LogP contribution in [0.2, 0.25) is 0 Å². The summed E-state index contributed by atoms with van der Waals surface area (Å²) in [5.74, 6) is 2.18. The van der Waals surface area contributed by atoms with Gasteiger partial charge in [-0.1, -0.05) is 32.0 Å². The van der Waals surface area contributed by atoms with Crippen molar-refractivity contribution in [3.05, 3.63) is 12.4 Å². The van der Waals surface area contributed by atoms with Gasteiger partial charge in [0.05, 0.1) is 5.75 Å². The van der Waals surface area contributed by atoms with Crippen LogP contribution in [0.3, 0.4) is 0 Å². The Labute approximate surface area is 137 Å². The zero-order valence-corrected chi connectivity index (χ0v) is 14.4. The second-order valence-corrected chi connectivity index (χ2v) is 6.90. The van der Waals surface area contributed by atoms with Crippen molar-refractivity contribution >= 4 is 23.5 Å². The number of anilines is 1. The standard InChI is InChI=1S/C16H26N4OS/c1-3-4-7-17-15(21)11-22-16-9-14(18-12-19-16)20-8-5-6-13(2)10-20/h9,12-13H,3-8,10-11H2,1-2H3,(H,17,21). The SMILES string of the molecule is CCCCNC(=O)CSc1cc(N2CCCC(C)C2)ncn1. The summed E-state index contributed by atoms with van der Waals surface area (Å²) in [4.78, 5) is 22.7. The largest absolute Gasteiger partial charge is 0.356 e. The van der Waals surface area contributed by atoms with Crippen LogP contribution >= 0.6 is 11.8 Å². The minimum Gasteiger partial charge on any atom is -0.356 e. The van der Waals surface area contributed by atoms with Crippen LogP contribution in [-0.4, -0.2) is 41.3 Å². The van der Waals surface area contributed by atoms with Crippen LogP contribution in [0.1, 0.15) is 39.5 Å². The fourth-order valence-corrected chi connectivity index (χ4v) is 3.27. The molecule has 0 aromatic carbocycles. The summed E-state index contributed by atoms with van der Waals surface area (Å²) in [6.45, 7) is 7.27. The predicted octanol–water partition coefficient (Wildman–Crippen LogP) is 2.72. The molecule has 22 heavy (non-hydrogen) atoms. The van der Waals surface area contributed by atoms with Crippen molar-refractivity contribution in [1.82, 2.24) is 15.3 Å². The number of hydrogen-bond donors (Lipinski definition) is 1. The predicted molar refractivity (Wildman–Crippen MR) is 91.3 cm³/mol. The van der Waals surface area contributed by atoms with Crippen molar-refractivity contribution in [1.29, 1.82) is 0 Å². The minimum atomic E-state index is 0.0743. The van der Waals surface area contributed by atoms with E-state index in [0.717, 1.165) is 43.3 Å². The Balaban J connectivity index is 1.84. The van der Waals surface area contributed by atoms with Gasteiger partial charge in [-0.05, 0) is 25.2 Å². The van der Waals surface area contributed by atoms with E-state index in [1.807, 2.05) is 6.07 Å². The van der Waals surface area contributed by atoms with Gasteiger partial charge in [0, 0.05) is 25.7 Å². The summed E-state index contributed by atoms with van der Waals surface area (Å²) < 4.78 is 0. The van der Waals surface area contributed by atoms with Gasteiger partial charge < -0.3 is 10.2 Å². The Bertz CT molecular complexity index is 483. The van der Waals surface area contributed by atoms with E-state index in [4.69, 9.17) is 0 Å². The zero-order chi connectivity index (χ0) is 15.8. The number of thioether (sulfide) groups is 1. The smallest absolute Gasteiger partial charge is 0.230 e. The molecule has 5 nitrogen and oxygen atoms in total. The van der Waals surface area contributed by atoms with E-state index in [2.05, 4.69) is 34.0 Å². The van der Waals surface area contributed by atoms with E-state index in [1.54, 1.807) is 6.33 Å². The van der Waals surface area contributed by atoms with Gasteiger partial charge >= 0.3 is 0 Å². The molecular weight excluding hydrogens is 296 g/mol. The molecule has 1 unspecified atom stereocenters. The summed E-state index contributed by atoms with van der Waals surface area (Å²) in [5.41, 5.74) is 0. The molecule has 1 aliphatic rings. The maximum atomic E-state index is 11.7. The number of unbranched alkanes of at least 4 members (excludes halogenated alkanes) is 1. The zero-order valence-electron chi connectivity index (χ0n) is 13.5. The van der Waals surface area contributed by atoms with Gasteiger partial charge in [0.15, 0.2) is 0 Å². The van der Waals surface area contributed by atoms with E-state index in [9.17, 15) is 4.79 Å². The first-order valence-electron chi connectivity index (χ1n) is 8.15. The topological polar surface area (TPSA) is 58.1 Å². The molecule has 1 amide bonds. The van der Waals surface area contributed by atoms with E-state index in [0.29, 0.717) is 11.7 Å². The summed E-state index contributed by atoms with van der Waals surface area (Å²) in [6, 6.07) is 2.00. The number of rotatable bonds is 7. The molecular formula is C16H26N4OS. The number of nitrogens with one attached hydrogen (secondary N) is 1. The van der Waals surface area contributed by atoms with Crippen molar-refractivity contribution in [2.75, 3.05) is 30.3 Å². The van der Waals surface area contributed by atoms with Crippen molar-refractivity contribution in [3.8, 4) is 0 Å². The second-order valence-electron chi connectivity index (χ2n) is 5.90. The van der Waals surface area contributed by atoms with Gasteiger partial charge in [-0.15, -0.1) is 0 Å². The fourth-order valence-electron chi connectivity index (χ4n) is 2.57. The van der Waals surface area contributed by atoms with Crippen molar-refractivity contribution in [3.63, 3.8) is 0 Å². The monoisotopic (exact) mass is 322 g/mol. The molecule has 1 aromatic rings. The quantitative estimate of drug-likeness (QED) is 0.475. The highest BCUT2D eigenvalue weighted by Crippen LogP contribution is 2.24. The highest BCUT2D eigenvalue weighted by molar-refractivity contribution is 7.99. The summed E-state index contributed by atoms with van der Waals surface area (Å²) in [6.07, 6.45) is 6.23. The van der Waals surface area contributed by atoms with Crippen LogP contribution in [0, 0.1) is 5.92 Å². The average Bonchev–Trinajstić information content (AvgIpc) is 2.53. The number of aromatic nitrogens is 2. The van der Waals surface area contributed by atoms with Crippen LogP contribution in [0.25, 0.3) is 0 Å². The fraction of sp³-hybridized carbons (Fsp3) is 0.688. The van der Waals surface area contributed by atoms with Crippen molar-refractivity contribution in [2.24, 2.45) is 5.92 Å². The van der Waals surface area contributed by atoms with Gasteiger partial charge in [-0.2, -0.15) is 0 Å². The molecule has 1 saturated heterocycles. The molecule has 0 bridgehead atoms. The molecule has 1 aromatic heterocycles. The maximum Gasteiger partial charge on any atom is 0.230 e. The van der Waals surface area contributed by atoms with Gasteiger partial charge in [-0.25, -0.2) is 9.97 Å². The molecule has 2 heterocycles. The van der Waals surface area contributed by atoms with Gasteiger partial charge in [-0.3, -0.25) is 4.79 Å². The summed E-state index contributed by atoms with van der Waals surface area (Å²) >= 11 is 1.48. The van der Waals surface area contributed by atoms with Gasteiger partial charge in [0.2, 0.25) is 5.91 Å². The van der Waals surface area contributed by atoms with Crippen LogP contribution in [0.5, 0.6) is 0 Å². The van der Waals surface area contributed by atoms with Crippen LogP contribution in [0.4, 0.5) is 5.82 Å². The van der Waals surface area contributed by atoms with Crippen LogP contribution in [0.15, 0.2) is 17.4 Å². The van der Waals surface area contributed by atoms with E-state index < -0.39 is 0 Å². The first-order valence-corrected chi connectivity index (χ1v) is 9.14. The van der Waals surface area contributed by atoms with Crippen molar-refractivity contribution in [2.45, 2.75) is 44.6 Å². The van der Waals surface area contributed by atoms with Crippen LogP contribution < -0.4 is 10.2 Å². The Morgan fingerprint density at radius 1 is 1.50 bits per heavy atom. The lowest BCUT2D eigenvalue weighted by Gasteiger charge is -2.31. The third-order valence-electron chi connectivity index (χ3n) is 3.81. The number of carbonyl (C=O) groups excluding carboxylic acids is 1. The molecule has 0 radical (unpaired) electrons. The number of carbonyl (C=O) groups is 1. The van der Waals surface area contributed by atoms with E-state index >= 15 is 0 Å². The molecule has 0 aliphatic carbocycles. The normalized spacial score (nSPS) is 18.3. The highest BCUT2D eigenvalue weighted by atomic mass is 32.2. The lowest BCUT2D eigenvalue weighted by Crippen LogP contribution is -2.34. The molecule has 122 valence electrons. The Morgan fingerprint density at radius 3 is 3.14 bits per heavy atom. The van der Waals surface area contributed by atoms with E-state index in [1.165, 1.54) is 24.6 Å². The van der Waals surface area contributed by atoms with Crippen LogP contribution in [-0.2, 0) is 4.79 Å². The molecule has 1 aliphatic heterocycles. The summed E-state index contributed by atoms with van der Waals surface area (Å²) in [7, 11) is 0. The number of nitrogens with zero attached hydrogens (tertiary/aromatic N) is 3. The molecule has 0 spiro atoms. The van der Waals surface area contributed by atoms with E-state index in [-0.39, 0.29) is 5.91 Å². The number of piperidine rings is 1. The minimum absolute atomic E-state index is 0.0743. The summed E-state index contributed by atoms with van der Waals surface area (Å²) in [5, 5.41) is 3.79. The Hall–Kier alpha value is -1.30. The number of hydrogen-bond acceptors (Lipinski definition) is 5. The average molecular weight is 322 g/mol. The number of amides is 1. The third kappa shape index (κ3) is 5.48. The first-order chi connectivity index (χ1) is 10.7. The first kappa shape index (κ1) is 17.1. The molecule has 1 fully saturated rings. The Kier molecular flexibility index (Phi) is 6.96. The van der Waals surface area contributed by atoms with Gasteiger partial charge in [0.1, 0.15) is 17.2 Å². The highest BCUT2D eigenvalue weighted by Gasteiger charge is 2.18. The molecule has 1 N–H and O–H groups in total. The van der Waals surface area contributed by atoms with Gasteiger partial charge in [0.25, 0.3) is 0 Å². The third-order valence-corrected chi connectivity index (χ3v) is 4.74. The molecule has 0 saturated carbocycles. The maximum absolute atomic E-state index is 11.7. The molecule has 6 heteroatoms. The molecule has 2 rings (SSSR count).